The molecule has 2 rings (SSSR count). The summed E-state index contributed by atoms with van der Waals surface area (Å²) in [5, 5.41) is 32.0. The van der Waals surface area contributed by atoms with E-state index in [0.717, 1.165) is 12.8 Å². The second kappa shape index (κ2) is 5.17. The molecular weight excluding hydrogens is 262 g/mol. The minimum absolute atomic E-state index is 0.0818. The molecule has 0 amide bonds. The van der Waals surface area contributed by atoms with Crippen LogP contribution in [-0.4, -0.2) is 21.5 Å². The first kappa shape index (κ1) is 13.8. The Bertz CT molecular complexity index is 600. The average Bonchev–Trinajstić information content (AvgIpc) is 2.88. The van der Waals surface area contributed by atoms with Gasteiger partial charge in [-0.2, -0.15) is 5.26 Å². The fourth-order valence-electron chi connectivity index (χ4n) is 2.49. The van der Waals surface area contributed by atoms with Gasteiger partial charge in [0.25, 0.3) is 5.69 Å². The summed E-state index contributed by atoms with van der Waals surface area (Å²) < 4.78 is 0. The largest absolute Gasteiger partial charge is 0.480 e. The molecule has 0 spiro atoms. The lowest BCUT2D eigenvalue weighted by atomic mass is 9.97. The smallest absolute Gasteiger partial charge is 0.329 e. The van der Waals surface area contributed by atoms with Gasteiger partial charge in [0.05, 0.1) is 16.6 Å². The van der Waals surface area contributed by atoms with Gasteiger partial charge in [0.1, 0.15) is 11.2 Å². The molecule has 1 aromatic carbocycles. The fraction of sp³-hybridized carbons (Fsp3) is 0.385. The first-order valence-corrected chi connectivity index (χ1v) is 6.19. The van der Waals surface area contributed by atoms with E-state index in [9.17, 15) is 20.0 Å². The van der Waals surface area contributed by atoms with Crippen LogP contribution in [0, 0.1) is 21.4 Å². The second-order valence-corrected chi connectivity index (χ2v) is 4.82. The predicted molar refractivity (Wildman–Crippen MR) is 70.3 cm³/mol. The van der Waals surface area contributed by atoms with E-state index >= 15 is 0 Å². The van der Waals surface area contributed by atoms with Crippen molar-refractivity contribution < 1.29 is 14.8 Å². The molecule has 7 heteroatoms. The van der Waals surface area contributed by atoms with Crippen molar-refractivity contribution in [3.63, 3.8) is 0 Å². The summed E-state index contributed by atoms with van der Waals surface area (Å²) in [6.07, 6.45) is 2.34. The van der Waals surface area contributed by atoms with Crippen LogP contribution in [0.5, 0.6) is 0 Å². The molecule has 0 aromatic heterocycles. The zero-order valence-corrected chi connectivity index (χ0v) is 10.6. The number of hydrogen-bond donors (Lipinski definition) is 2. The van der Waals surface area contributed by atoms with Gasteiger partial charge in [-0.25, -0.2) is 4.79 Å². The first-order valence-electron chi connectivity index (χ1n) is 6.19. The van der Waals surface area contributed by atoms with Crippen LogP contribution in [0.1, 0.15) is 31.2 Å². The fourth-order valence-corrected chi connectivity index (χ4v) is 2.49. The third-order valence-electron chi connectivity index (χ3n) is 3.56. The zero-order valence-electron chi connectivity index (χ0n) is 10.6. The molecule has 1 aliphatic rings. The first-order chi connectivity index (χ1) is 9.48. The molecule has 0 atom stereocenters. The van der Waals surface area contributed by atoms with Crippen molar-refractivity contribution in [1.29, 1.82) is 5.26 Å². The van der Waals surface area contributed by atoms with Gasteiger partial charge >= 0.3 is 5.97 Å². The molecule has 104 valence electrons. The zero-order chi connectivity index (χ0) is 14.8. The highest BCUT2D eigenvalue weighted by atomic mass is 16.6. The molecule has 1 aliphatic carbocycles. The number of carboxylic acids is 1. The Morgan fingerprint density at radius 3 is 2.60 bits per heavy atom. The highest BCUT2D eigenvalue weighted by Gasteiger charge is 2.42. The Morgan fingerprint density at radius 1 is 1.45 bits per heavy atom. The number of carbonyl (C=O) groups is 1. The summed E-state index contributed by atoms with van der Waals surface area (Å²) in [4.78, 5) is 21.9. The standard InChI is InChI=1S/C13H13N3O4/c14-8-9-3-4-11(16(19)20)10(7-9)15-13(12(17)18)5-1-2-6-13/h3-4,7,15H,1-2,5-6H2,(H,17,18). The van der Waals surface area contributed by atoms with Crippen LogP contribution in [0.25, 0.3) is 0 Å². The number of nitro benzene ring substituents is 1. The van der Waals surface area contributed by atoms with E-state index in [2.05, 4.69) is 5.32 Å². The molecule has 0 bridgehead atoms. The number of carboxylic acid groups (broad SMARTS) is 1. The van der Waals surface area contributed by atoms with E-state index in [1.165, 1.54) is 18.2 Å². The average molecular weight is 275 g/mol. The number of benzene rings is 1. The molecule has 0 heterocycles. The maximum absolute atomic E-state index is 11.5. The molecule has 0 radical (unpaired) electrons. The second-order valence-electron chi connectivity index (χ2n) is 4.82. The molecule has 2 N–H and O–H groups in total. The number of nitro groups is 1. The van der Waals surface area contributed by atoms with Crippen molar-refractivity contribution >= 4 is 17.3 Å². The molecule has 7 nitrogen and oxygen atoms in total. The number of hydrogen-bond acceptors (Lipinski definition) is 5. The van der Waals surface area contributed by atoms with E-state index in [4.69, 9.17) is 5.26 Å². The predicted octanol–water partition coefficient (Wildman–Crippen LogP) is 2.28. The van der Waals surface area contributed by atoms with Gasteiger partial charge in [0.2, 0.25) is 0 Å². The number of aliphatic carboxylic acids is 1. The van der Waals surface area contributed by atoms with Crippen LogP contribution < -0.4 is 5.32 Å². The Labute approximate surface area is 115 Å². The summed E-state index contributed by atoms with van der Waals surface area (Å²) in [6, 6.07) is 5.76. The van der Waals surface area contributed by atoms with Crippen LogP contribution in [-0.2, 0) is 4.79 Å². The summed E-state index contributed by atoms with van der Waals surface area (Å²) in [5.41, 5.74) is -1.08. The van der Waals surface area contributed by atoms with Gasteiger partial charge in [0.15, 0.2) is 0 Å². The van der Waals surface area contributed by atoms with Crippen molar-refractivity contribution in [3.8, 4) is 6.07 Å². The molecule has 20 heavy (non-hydrogen) atoms. The lowest BCUT2D eigenvalue weighted by Gasteiger charge is -2.26. The molecule has 0 unspecified atom stereocenters. The molecule has 1 aromatic rings. The SMILES string of the molecule is N#Cc1ccc([N+](=O)[O-])c(NC2(C(=O)O)CCCC2)c1. The number of rotatable bonds is 4. The maximum atomic E-state index is 11.5. The third-order valence-corrected chi connectivity index (χ3v) is 3.56. The summed E-state index contributed by atoms with van der Waals surface area (Å²) >= 11 is 0. The number of nitrogens with zero attached hydrogens (tertiary/aromatic N) is 2. The number of nitrogens with one attached hydrogen (secondary N) is 1. The van der Waals surface area contributed by atoms with E-state index < -0.39 is 16.4 Å². The molecule has 0 aliphatic heterocycles. The number of nitriles is 1. The summed E-state index contributed by atoms with van der Waals surface area (Å²) in [5.74, 6) is -1.02. The molecule has 1 fully saturated rings. The Balaban J connectivity index is 2.43. The molecular formula is C13H13N3O4. The normalized spacial score (nSPS) is 16.4. The van der Waals surface area contributed by atoms with Crippen LogP contribution in [0.2, 0.25) is 0 Å². The minimum atomic E-state index is -1.18. The number of anilines is 1. The maximum Gasteiger partial charge on any atom is 0.329 e. The molecule has 0 saturated heterocycles. The van der Waals surface area contributed by atoms with Crippen LogP contribution >= 0.6 is 0 Å². The van der Waals surface area contributed by atoms with Crippen molar-refractivity contribution in [2.75, 3.05) is 5.32 Å². The van der Waals surface area contributed by atoms with Crippen LogP contribution in [0.4, 0.5) is 11.4 Å². The van der Waals surface area contributed by atoms with Gasteiger partial charge in [-0.3, -0.25) is 10.1 Å². The molecule has 1 saturated carbocycles. The van der Waals surface area contributed by atoms with E-state index in [1.54, 1.807) is 0 Å². The highest BCUT2D eigenvalue weighted by molar-refractivity contribution is 5.84. The topological polar surface area (TPSA) is 116 Å². The van der Waals surface area contributed by atoms with Gasteiger partial charge < -0.3 is 10.4 Å². The van der Waals surface area contributed by atoms with Gasteiger partial charge in [0, 0.05) is 6.07 Å². The van der Waals surface area contributed by atoms with Gasteiger partial charge in [-0.15, -0.1) is 0 Å². The van der Waals surface area contributed by atoms with Crippen molar-refractivity contribution in [2.24, 2.45) is 0 Å². The monoisotopic (exact) mass is 275 g/mol. The van der Waals surface area contributed by atoms with Gasteiger partial charge in [-0.1, -0.05) is 12.8 Å². The van der Waals surface area contributed by atoms with Gasteiger partial charge in [-0.05, 0) is 25.0 Å². The van der Waals surface area contributed by atoms with Crippen molar-refractivity contribution in [2.45, 2.75) is 31.2 Å². The van der Waals surface area contributed by atoms with Crippen LogP contribution in [0.3, 0.4) is 0 Å². The quantitative estimate of drug-likeness (QED) is 0.643. The Kier molecular flexibility index (Phi) is 3.57. The lowest BCUT2D eigenvalue weighted by Crippen LogP contribution is -2.43. The Hall–Kier alpha value is -2.62. The summed E-state index contributed by atoms with van der Waals surface area (Å²) in [7, 11) is 0. The highest BCUT2D eigenvalue weighted by Crippen LogP contribution is 2.36. The van der Waals surface area contributed by atoms with E-state index in [0.29, 0.717) is 12.8 Å². The van der Waals surface area contributed by atoms with Crippen LogP contribution in [0.15, 0.2) is 18.2 Å². The van der Waals surface area contributed by atoms with E-state index in [1.807, 2.05) is 6.07 Å². The lowest BCUT2D eigenvalue weighted by molar-refractivity contribution is -0.384. The summed E-state index contributed by atoms with van der Waals surface area (Å²) in [6.45, 7) is 0. The Morgan fingerprint density at radius 2 is 2.10 bits per heavy atom. The van der Waals surface area contributed by atoms with E-state index in [-0.39, 0.29) is 16.9 Å². The minimum Gasteiger partial charge on any atom is -0.480 e. The van der Waals surface area contributed by atoms with Crippen molar-refractivity contribution in [1.82, 2.24) is 0 Å². The third kappa shape index (κ3) is 2.40. The van der Waals surface area contributed by atoms with Crippen molar-refractivity contribution in [3.05, 3.63) is 33.9 Å².